The van der Waals surface area contributed by atoms with Crippen molar-refractivity contribution >= 4 is 0 Å². The van der Waals surface area contributed by atoms with Crippen LogP contribution in [-0.2, 0) is 4.74 Å². The van der Waals surface area contributed by atoms with Crippen molar-refractivity contribution in [1.82, 2.24) is 20.4 Å². The Morgan fingerprint density at radius 1 is 1.47 bits per heavy atom. The van der Waals surface area contributed by atoms with Crippen LogP contribution in [0.4, 0.5) is 0 Å². The van der Waals surface area contributed by atoms with Crippen LogP contribution in [0.5, 0.6) is 0 Å². The van der Waals surface area contributed by atoms with E-state index in [2.05, 4.69) is 27.3 Å². The molecule has 0 amide bonds. The van der Waals surface area contributed by atoms with Crippen LogP contribution in [0.15, 0.2) is 4.52 Å². The summed E-state index contributed by atoms with van der Waals surface area (Å²) in [5.74, 6) is 1.83. The van der Waals surface area contributed by atoms with Gasteiger partial charge in [-0.15, -0.1) is 0 Å². The van der Waals surface area contributed by atoms with Crippen LogP contribution >= 0.6 is 0 Å². The topological polar surface area (TPSA) is 63.4 Å². The highest BCUT2D eigenvalue weighted by Gasteiger charge is 2.27. The summed E-state index contributed by atoms with van der Waals surface area (Å²) in [6.07, 6.45) is 2.26. The maximum Gasteiger partial charge on any atom is 0.231 e. The molecule has 0 saturated carbocycles. The summed E-state index contributed by atoms with van der Waals surface area (Å²) >= 11 is 0. The molecule has 106 valence electrons. The van der Waals surface area contributed by atoms with Crippen molar-refractivity contribution in [2.24, 2.45) is 0 Å². The number of aromatic nitrogens is 2. The molecule has 0 aliphatic carbocycles. The fraction of sp³-hybridized carbons (Fsp3) is 0.846. The van der Waals surface area contributed by atoms with Crippen LogP contribution in [0.2, 0.25) is 0 Å². The monoisotopic (exact) mass is 266 g/mol. The lowest BCUT2D eigenvalue weighted by atomic mass is 10.00. The molecule has 2 saturated heterocycles. The van der Waals surface area contributed by atoms with Gasteiger partial charge in [0.05, 0.1) is 12.5 Å². The molecule has 19 heavy (non-hydrogen) atoms. The summed E-state index contributed by atoms with van der Waals surface area (Å²) in [6.45, 7) is 7.83. The third-order valence-corrected chi connectivity index (χ3v) is 3.99. The largest absolute Gasteiger partial charge is 0.367 e. The first-order valence-corrected chi connectivity index (χ1v) is 7.25. The molecule has 2 aliphatic heterocycles. The number of piperidine rings is 1. The lowest BCUT2D eigenvalue weighted by molar-refractivity contribution is -0.0334. The van der Waals surface area contributed by atoms with Crippen LogP contribution in [0.25, 0.3) is 0 Å². The zero-order valence-electron chi connectivity index (χ0n) is 11.5. The highest BCUT2D eigenvalue weighted by Crippen LogP contribution is 2.25. The van der Waals surface area contributed by atoms with Gasteiger partial charge in [-0.3, -0.25) is 4.90 Å². The number of rotatable bonds is 3. The Labute approximate surface area is 113 Å². The molecule has 2 fully saturated rings. The van der Waals surface area contributed by atoms with Crippen LogP contribution in [0, 0.1) is 0 Å². The van der Waals surface area contributed by atoms with Gasteiger partial charge in [0.25, 0.3) is 0 Å². The van der Waals surface area contributed by atoms with E-state index >= 15 is 0 Å². The second-order valence-electron chi connectivity index (χ2n) is 5.29. The summed E-state index contributed by atoms with van der Waals surface area (Å²) in [4.78, 5) is 6.91. The van der Waals surface area contributed by atoms with Gasteiger partial charge in [-0.1, -0.05) is 12.1 Å². The highest BCUT2D eigenvalue weighted by atomic mass is 16.5. The molecule has 1 aromatic rings. The van der Waals surface area contributed by atoms with Gasteiger partial charge in [0.2, 0.25) is 11.7 Å². The molecule has 0 bridgehead atoms. The summed E-state index contributed by atoms with van der Waals surface area (Å²) in [7, 11) is 0. The van der Waals surface area contributed by atoms with Crippen LogP contribution < -0.4 is 5.32 Å². The second-order valence-corrected chi connectivity index (χ2v) is 5.29. The van der Waals surface area contributed by atoms with Crippen LogP contribution in [-0.4, -0.2) is 54.4 Å². The lowest BCUT2D eigenvalue weighted by Gasteiger charge is -2.30. The Morgan fingerprint density at radius 3 is 3.21 bits per heavy atom. The zero-order valence-corrected chi connectivity index (χ0v) is 11.5. The number of nitrogens with one attached hydrogen (secondary N) is 1. The molecule has 3 heterocycles. The van der Waals surface area contributed by atoms with Gasteiger partial charge in [-0.2, -0.15) is 4.98 Å². The smallest absolute Gasteiger partial charge is 0.231 e. The number of morpholine rings is 1. The van der Waals surface area contributed by atoms with E-state index in [-0.39, 0.29) is 6.10 Å². The first-order valence-electron chi connectivity index (χ1n) is 7.25. The normalized spacial score (nSPS) is 29.5. The molecule has 2 unspecified atom stereocenters. The second kappa shape index (κ2) is 5.98. The Balaban J connectivity index is 1.66. The SMILES string of the molecule is CCN1CCOC(c2noc(C3CCCNC3)n2)C1. The van der Waals surface area contributed by atoms with Gasteiger partial charge >= 0.3 is 0 Å². The maximum atomic E-state index is 5.75. The Morgan fingerprint density at radius 2 is 2.42 bits per heavy atom. The predicted molar refractivity (Wildman–Crippen MR) is 69.9 cm³/mol. The van der Waals surface area contributed by atoms with Crippen molar-refractivity contribution in [3.63, 3.8) is 0 Å². The van der Waals surface area contributed by atoms with Crippen molar-refractivity contribution in [2.45, 2.75) is 31.8 Å². The molecular formula is C13H22N4O2. The van der Waals surface area contributed by atoms with E-state index in [0.29, 0.717) is 11.7 Å². The summed E-state index contributed by atoms with van der Waals surface area (Å²) in [5.41, 5.74) is 0. The van der Waals surface area contributed by atoms with Crippen LogP contribution in [0.1, 0.15) is 43.5 Å². The van der Waals surface area contributed by atoms with Crippen molar-refractivity contribution in [2.75, 3.05) is 39.3 Å². The van der Waals surface area contributed by atoms with Crippen molar-refractivity contribution in [1.29, 1.82) is 0 Å². The fourth-order valence-electron chi connectivity index (χ4n) is 2.75. The first-order chi connectivity index (χ1) is 9.36. The van der Waals surface area contributed by atoms with E-state index in [1.165, 1.54) is 6.42 Å². The number of hydrogen-bond acceptors (Lipinski definition) is 6. The minimum absolute atomic E-state index is 0.0391. The van der Waals surface area contributed by atoms with Crippen molar-refractivity contribution < 1.29 is 9.26 Å². The average Bonchev–Trinajstić information content (AvgIpc) is 2.98. The van der Waals surface area contributed by atoms with Gasteiger partial charge in [0.15, 0.2) is 0 Å². The quantitative estimate of drug-likeness (QED) is 0.878. The lowest BCUT2D eigenvalue weighted by Crippen LogP contribution is -2.38. The van der Waals surface area contributed by atoms with Crippen LogP contribution in [0.3, 0.4) is 0 Å². The molecule has 1 N–H and O–H groups in total. The minimum Gasteiger partial charge on any atom is -0.367 e. The molecule has 0 radical (unpaired) electrons. The van der Waals surface area contributed by atoms with E-state index in [4.69, 9.17) is 9.26 Å². The van der Waals surface area contributed by atoms with Gasteiger partial charge in [-0.25, -0.2) is 0 Å². The van der Waals surface area contributed by atoms with E-state index < -0.39 is 0 Å². The van der Waals surface area contributed by atoms with Gasteiger partial charge in [0.1, 0.15) is 6.10 Å². The molecule has 2 atom stereocenters. The molecule has 0 spiro atoms. The third-order valence-electron chi connectivity index (χ3n) is 3.99. The number of nitrogens with zero attached hydrogens (tertiary/aromatic N) is 3. The van der Waals surface area contributed by atoms with Crippen molar-refractivity contribution in [3.05, 3.63) is 11.7 Å². The number of hydrogen-bond donors (Lipinski definition) is 1. The molecule has 0 aromatic carbocycles. The van der Waals surface area contributed by atoms with Gasteiger partial charge in [-0.05, 0) is 25.9 Å². The first kappa shape index (κ1) is 13.0. The molecule has 6 nitrogen and oxygen atoms in total. The van der Waals surface area contributed by atoms with E-state index in [9.17, 15) is 0 Å². The number of likely N-dealkylation sites (N-methyl/N-ethyl adjacent to an activating group) is 1. The summed E-state index contributed by atoms with van der Waals surface area (Å²) < 4.78 is 11.2. The average molecular weight is 266 g/mol. The third kappa shape index (κ3) is 2.96. The van der Waals surface area contributed by atoms with E-state index in [1.54, 1.807) is 0 Å². The van der Waals surface area contributed by atoms with E-state index in [0.717, 1.165) is 51.6 Å². The predicted octanol–water partition coefficient (Wildman–Crippen LogP) is 0.930. The van der Waals surface area contributed by atoms with E-state index in [1.807, 2.05) is 0 Å². The number of ether oxygens (including phenoxy) is 1. The van der Waals surface area contributed by atoms with Crippen molar-refractivity contribution in [3.8, 4) is 0 Å². The molecule has 3 rings (SSSR count). The Bertz CT molecular complexity index is 403. The summed E-state index contributed by atoms with van der Waals surface area (Å²) in [5, 5.41) is 7.49. The minimum atomic E-state index is -0.0391. The van der Waals surface area contributed by atoms with Gasteiger partial charge in [0, 0.05) is 19.6 Å². The zero-order chi connectivity index (χ0) is 13.1. The Hall–Kier alpha value is -0.980. The molecular weight excluding hydrogens is 244 g/mol. The van der Waals surface area contributed by atoms with Gasteiger partial charge < -0.3 is 14.6 Å². The highest BCUT2D eigenvalue weighted by molar-refractivity contribution is 5.00. The maximum absolute atomic E-state index is 5.75. The summed E-state index contributed by atoms with van der Waals surface area (Å²) in [6, 6.07) is 0. The molecule has 1 aromatic heterocycles. The Kier molecular flexibility index (Phi) is 4.10. The fourth-order valence-corrected chi connectivity index (χ4v) is 2.75. The molecule has 2 aliphatic rings. The standard InChI is InChI=1S/C13H22N4O2/c1-2-17-6-7-18-11(9-17)12-15-13(19-16-12)10-4-3-5-14-8-10/h10-11,14H,2-9H2,1H3. The molecule has 6 heteroatoms.